The number of aryl methyl sites for hydroxylation is 1. The number of carbonyl (C=O) groups excluding carboxylic acids is 1. The Morgan fingerprint density at radius 2 is 1.82 bits per heavy atom. The summed E-state index contributed by atoms with van der Waals surface area (Å²) in [4.78, 5) is 16.7. The quantitative estimate of drug-likeness (QED) is 0.382. The van der Waals surface area contributed by atoms with Crippen molar-refractivity contribution in [2.45, 2.75) is 26.9 Å². The third-order valence-electron chi connectivity index (χ3n) is 5.22. The fourth-order valence-corrected chi connectivity index (χ4v) is 3.45. The normalized spacial score (nSPS) is 11.9. The second kappa shape index (κ2) is 10.4. The Bertz CT molecular complexity index is 1210. The number of nitrogens with one attached hydrogen (secondary N) is 2. The minimum atomic E-state index is -1.72. The maximum atomic E-state index is 13.4. The van der Waals surface area contributed by atoms with Crippen molar-refractivity contribution >= 4 is 23.1 Å². The maximum Gasteiger partial charge on any atom is 0.257 e. The van der Waals surface area contributed by atoms with E-state index < -0.39 is 23.6 Å². The smallest absolute Gasteiger partial charge is 0.257 e. The number of nitrogens with zero attached hydrogens (tertiary/aromatic N) is 1. The highest BCUT2D eigenvalue weighted by Crippen LogP contribution is 2.29. The third kappa shape index (κ3) is 5.96. The van der Waals surface area contributed by atoms with Crippen molar-refractivity contribution in [3.05, 3.63) is 83.6 Å². The Balaban J connectivity index is 1.79. The van der Waals surface area contributed by atoms with Gasteiger partial charge in [-0.2, -0.15) is 0 Å². The Morgan fingerprint density at radius 3 is 2.44 bits per heavy atom. The van der Waals surface area contributed by atoms with E-state index in [1.807, 2.05) is 13.0 Å². The van der Waals surface area contributed by atoms with Crippen molar-refractivity contribution in [3.63, 3.8) is 0 Å². The van der Waals surface area contributed by atoms with Crippen LogP contribution < -0.4 is 16.4 Å². The van der Waals surface area contributed by atoms with Gasteiger partial charge in [0.15, 0.2) is 6.10 Å². The number of rotatable bonds is 8. The van der Waals surface area contributed by atoms with Crippen molar-refractivity contribution < 1.29 is 18.7 Å². The Hall–Kier alpha value is -3.78. The van der Waals surface area contributed by atoms with Gasteiger partial charge < -0.3 is 21.5 Å². The fraction of sp³-hybridized carbons (Fsp3) is 0.231. The number of aromatic nitrogens is 1. The molecule has 1 atom stereocenters. The number of aliphatic hydroxyl groups excluding tert-OH is 1. The molecule has 0 radical (unpaired) electrons. The van der Waals surface area contributed by atoms with Gasteiger partial charge >= 0.3 is 0 Å². The molecule has 1 heterocycles. The van der Waals surface area contributed by atoms with Crippen LogP contribution in [0.25, 0.3) is 16.8 Å². The van der Waals surface area contributed by atoms with Gasteiger partial charge in [0.1, 0.15) is 17.5 Å². The van der Waals surface area contributed by atoms with Crippen molar-refractivity contribution in [3.8, 4) is 11.1 Å². The summed E-state index contributed by atoms with van der Waals surface area (Å²) in [5, 5.41) is 16.0. The number of pyridine rings is 1. The number of amides is 1. The Labute approximate surface area is 197 Å². The molecule has 0 fully saturated rings. The predicted octanol–water partition coefficient (Wildman–Crippen LogP) is 4.81. The number of halogens is 2. The molecule has 0 aliphatic heterocycles. The van der Waals surface area contributed by atoms with Gasteiger partial charge in [0.05, 0.1) is 0 Å². The van der Waals surface area contributed by atoms with E-state index in [1.54, 1.807) is 24.4 Å². The molecule has 1 aromatic heterocycles. The van der Waals surface area contributed by atoms with Crippen LogP contribution in [0.4, 0.5) is 20.3 Å². The zero-order valence-corrected chi connectivity index (χ0v) is 19.3. The lowest BCUT2D eigenvalue weighted by molar-refractivity contribution is -0.124. The molecular formula is C26H28F2N4O2. The van der Waals surface area contributed by atoms with Gasteiger partial charge in [0, 0.05) is 41.3 Å². The molecule has 0 aliphatic rings. The second-order valence-electron chi connectivity index (χ2n) is 8.53. The van der Waals surface area contributed by atoms with Gasteiger partial charge in [-0.25, -0.2) is 13.8 Å². The highest BCUT2D eigenvalue weighted by atomic mass is 19.1. The molecule has 0 spiro atoms. The third-order valence-corrected chi connectivity index (χ3v) is 5.22. The highest BCUT2D eigenvalue weighted by molar-refractivity contribution is 5.95. The zero-order chi connectivity index (χ0) is 25.0. The number of benzene rings is 2. The van der Waals surface area contributed by atoms with E-state index in [2.05, 4.69) is 36.0 Å². The number of aliphatic hydroxyl groups is 1. The number of anilines is 2. The van der Waals surface area contributed by atoms with Gasteiger partial charge in [-0.05, 0) is 59.9 Å². The molecule has 0 bridgehead atoms. The molecule has 3 aromatic rings. The lowest BCUT2D eigenvalue weighted by Gasteiger charge is -2.16. The summed E-state index contributed by atoms with van der Waals surface area (Å²) in [7, 11) is 0. The van der Waals surface area contributed by atoms with E-state index >= 15 is 0 Å². The molecule has 8 heteroatoms. The van der Waals surface area contributed by atoms with Crippen LogP contribution in [0, 0.1) is 24.5 Å². The van der Waals surface area contributed by atoms with Crippen molar-refractivity contribution in [2.24, 2.45) is 5.92 Å². The maximum absolute atomic E-state index is 13.4. The summed E-state index contributed by atoms with van der Waals surface area (Å²) < 4.78 is 26.8. The first-order chi connectivity index (χ1) is 16.0. The van der Waals surface area contributed by atoms with E-state index in [0.717, 1.165) is 35.4 Å². The van der Waals surface area contributed by atoms with Crippen LogP contribution in [-0.4, -0.2) is 22.5 Å². The largest absolute Gasteiger partial charge is 0.385 e. The molecule has 0 saturated heterocycles. The van der Waals surface area contributed by atoms with E-state index in [9.17, 15) is 18.7 Å². The SMILES string of the molecule is C=C(NCC(C)C)c1cc(-c2ccc(NC(=O)C(O)c3cc(F)cc(F)c3)cc2C)cnc1N. The monoisotopic (exact) mass is 466 g/mol. The summed E-state index contributed by atoms with van der Waals surface area (Å²) in [5.74, 6) is -1.74. The molecule has 178 valence electrons. The van der Waals surface area contributed by atoms with Crippen LogP contribution in [0.2, 0.25) is 0 Å². The van der Waals surface area contributed by atoms with Crippen LogP contribution >= 0.6 is 0 Å². The van der Waals surface area contributed by atoms with Crippen LogP contribution in [0.3, 0.4) is 0 Å². The molecule has 1 unspecified atom stereocenters. The highest BCUT2D eigenvalue weighted by Gasteiger charge is 2.20. The molecular weight excluding hydrogens is 438 g/mol. The predicted molar refractivity (Wildman–Crippen MR) is 131 cm³/mol. The number of hydrogen-bond donors (Lipinski definition) is 4. The first-order valence-corrected chi connectivity index (χ1v) is 10.8. The van der Waals surface area contributed by atoms with Gasteiger partial charge in [-0.15, -0.1) is 0 Å². The lowest BCUT2D eigenvalue weighted by atomic mass is 9.99. The van der Waals surface area contributed by atoms with E-state index in [0.29, 0.717) is 34.8 Å². The minimum Gasteiger partial charge on any atom is -0.385 e. The number of hydrogen-bond acceptors (Lipinski definition) is 5. The molecule has 6 nitrogen and oxygen atoms in total. The lowest BCUT2D eigenvalue weighted by Crippen LogP contribution is -2.21. The molecule has 34 heavy (non-hydrogen) atoms. The standard InChI is InChI=1S/C26H28F2N4O2/c1-14(2)12-30-16(4)23-10-18(13-31-25(23)29)22-6-5-21(7-15(22)3)32-26(34)24(33)17-8-19(27)11-20(28)9-17/h5-11,13-14,24,30,33H,4,12H2,1-3H3,(H2,29,31)(H,32,34). The van der Waals surface area contributed by atoms with Crippen molar-refractivity contribution in [1.82, 2.24) is 10.3 Å². The number of nitrogen functional groups attached to an aromatic ring is 1. The van der Waals surface area contributed by atoms with Crippen LogP contribution in [0.1, 0.15) is 36.6 Å². The second-order valence-corrected chi connectivity index (χ2v) is 8.53. The first kappa shape index (κ1) is 24.9. The zero-order valence-electron chi connectivity index (χ0n) is 19.3. The van der Waals surface area contributed by atoms with Gasteiger partial charge in [0.25, 0.3) is 5.91 Å². The molecule has 5 N–H and O–H groups in total. The van der Waals surface area contributed by atoms with Gasteiger partial charge in [-0.1, -0.05) is 26.5 Å². The fourth-order valence-electron chi connectivity index (χ4n) is 3.45. The van der Waals surface area contributed by atoms with E-state index in [4.69, 9.17) is 5.73 Å². The average molecular weight is 467 g/mol. The van der Waals surface area contributed by atoms with Crippen LogP contribution in [0.5, 0.6) is 0 Å². The average Bonchev–Trinajstić information content (AvgIpc) is 2.77. The molecule has 1 amide bonds. The molecule has 0 saturated carbocycles. The van der Waals surface area contributed by atoms with Crippen LogP contribution in [0.15, 0.2) is 55.2 Å². The summed E-state index contributed by atoms with van der Waals surface area (Å²) >= 11 is 0. The summed E-state index contributed by atoms with van der Waals surface area (Å²) in [6, 6.07) is 9.61. The summed E-state index contributed by atoms with van der Waals surface area (Å²) in [5.41, 5.74) is 10.2. The first-order valence-electron chi connectivity index (χ1n) is 10.8. The molecule has 0 aliphatic carbocycles. The van der Waals surface area contributed by atoms with Crippen molar-refractivity contribution in [2.75, 3.05) is 17.6 Å². The van der Waals surface area contributed by atoms with Gasteiger partial charge in [0.2, 0.25) is 0 Å². The van der Waals surface area contributed by atoms with Crippen LogP contribution in [-0.2, 0) is 4.79 Å². The minimum absolute atomic E-state index is 0.171. The molecule has 3 rings (SSSR count). The Morgan fingerprint density at radius 1 is 1.15 bits per heavy atom. The summed E-state index contributed by atoms with van der Waals surface area (Å²) in [6.07, 6.45) is -0.0596. The van der Waals surface area contributed by atoms with E-state index in [1.165, 1.54) is 0 Å². The van der Waals surface area contributed by atoms with E-state index in [-0.39, 0.29) is 5.56 Å². The number of nitrogens with two attached hydrogens (primary N) is 1. The Kier molecular flexibility index (Phi) is 7.63. The van der Waals surface area contributed by atoms with Crippen molar-refractivity contribution in [1.29, 1.82) is 0 Å². The molecule has 2 aromatic carbocycles. The number of carbonyl (C=O) groups is 1. The summed E-state index contributed by atoms with van der Waals surface area (Å²) in [6.45, 7) is 10.9. The van der Waals surface area contributed by atoms with Gasteiger partial charge in [-0.3, -0.25) is 4.79 Å². The topological polar surface area (TPSA) is 100 Å².